The van der Waals surface area contributed by atoms with E-state index in [9.17, 15) is 4.79 Å². The van der Waals surface area contributed by atoms with Gasteiger partial charge in [0, 0.05) is 58.1 Å². The molecule has 1 aromatic carbocycles. The number of piperidine rings is 1. The van der Waals surface area contributed by atoms with Gasteiger partial charge in [-0.25, -0.2) is 4.68 Å². The third-order valence-electron chi connectivity index (χ3n) is 6.16. The van der Waals surface area contributed by atoms with Crippen molar-refractivity contribution >= 4 is 5.91 Å². The van der Waals surface area contributed by atoms with Gasteiger partial charge in [-0.05, 0) is 37.8 Å². The van der Waals surface area contributed by atoms with Gasteiger partial charge in [0.1, 0.15) is 0 Å². The molecule has 2 unspecified atom stereocenters. The van der Waals surface area contributed by atoms with Crippen molar-refractivity contribution in [3.8, 4) is 5.69 Å². The first-order valence-corrected chi connectivity index (χ1v) is 10.3. The van der Waals surface area contributed by atoms with E-state index in [2.05, 4.69) is 35.1 Å². The van der Waals surface area contributed by atoms with Gasteiger partial charge in [0.15, 0.2) is 0 Å². The Morgan fingerprint density at radius 1 is 1.14 bits per heavy atom. The summed E-state index contributed by atoms with van der Waals surface area (Å²) in [6.45, 7) is 6.73. The molecule has 3 aliphatic heterocycles. The van der Waals surface area contributed by atoms with Gasteiger partial charge >= 0.3 is 0 Å². The van der Waals surface area contributed by atoms with Crippen molar-refractivity contribution in [3.05, 3.63) is 47.8 Å². The summed E-state index contributed by atoms with van der Waals surface area (Å²) in [6, 6.07) is 10.8. The van der Waals surface area contributed by atoms with Gasteiger partial charge < -0.3 is 4.90 Å². The highest BCUT2D eigenvalue weighted by Crippen LogP contribution is 2.29. The highest BCUT2D eigenvalue weighted by atomic mass is 16.2. The molecule has 3 fully saturated rings. The van der Waals surface area contributed by atoms with Gasteiger partial charge in [0.2, 0.25) is 5.91 Å². The summed E-state index contributed by atoms with van der Waals surface area (Å²) in [7, 11) is 3.68. The van der Waals surface area contributed by atoms with Gasteiger partial charge in [0.05, 0.1) is 17.9 Å². The van der Waals surface area contributed by atoms with Crippen molar-refractivity contribution in [1.82, 2.24) is 24.5 Å². The first-order valence-electron chi connectivity index (χ1n) is 10.3. The molecule has 2 atom stereocenters. The number of para-hydroxylation sites is 1. The number of carbonyl (C=O) groups is 1. The predicted octanol–water partition coefficient (Wildman–Crippen LogP) is 2.17. The first kappa shape index (κ1) is 19.2. The maximum Gasteiger partial charge on any atom is 0.236 e. The van der Waals surface area contributed by atoms with Gasteiger partial charge in [-0.15, -0.1) is 0 Å². The first-order chi connectivity index (χ1) is 13.5. The lowest BCUT2D eigenvalue weighted by Gasteiger charge is -2.36. The van der Waals surface area contributed by atoms with Gasteiger partial charge in [-0.2, -0.15) is 5.10 Å². The molecular formula is C22H31N5O. The van der Waals surface area contributed by atoms with E-state index < -0.39 is 0 Å². The summed E-state index contributed by atoms with van der Waals surface area (Å²) in [5, 5.41) is 4.74. The Balaban J connectivity index is 1.46. The van der Waals surface area contributed by atoms with Crippen molar-refractivity contribution in [1.29, 1.82) is 0 Å². The number of benzene rings is 1. The van der Waals surface area contributed by atoms with E-state index in [1.165, 1.54) is 18.4 Å². The molecule has 0 saturated carbocycles. The van der Waals surface area contributed by atoms with Crippen LogP contribution in [0.1, 0.15) is 24.1 Å². The predicted molar refractivity (Wildman–Crippen MR) is 110 cm³/mol. The fourth-order valence-electron chi connectivity index (χ4n) is 4.51. The van der Waals surface area contributed by atoms with Crippen molar-refractivity contribution in [2.45, 2.75) is 32.4 Å². The molecule has 0 spiro atoms. The molecule has 3 saturated heterocycles. The second-order valence-electron chi connectivity index (χ2n) is 8.53. The Bertz CT molecular complexity index is 816. The summed E-state index contributed by atoms with van der Waals surface area (Å²) < 4.78 is 1.99. The molecular weight excluding hydrogens is 350 g/mol. The van der Waals surface area contributed by atoms with Crippen molar-refractivity contribution in [3.63, 3.8) is 0 Å². The molecule has 0 radical (unpaired) electrons. The number of aromatic nitrogens is 2. The topological polar surface area (TPSA) is 44.6 Å². The van der Waals surface area contributed by atoms with Crippen LogP contribution in [0.3, 0.4) is 0 Å². The highest BCUT2D eigenvalue weighted by molar-refractivity contribution is 5.77. The smallest absolute Gasteiger partial charge is 0.236 e. The van der Waals surface area contributed by atoms with E-state index in [1.54, 1.807) is 4.90 Å². The Labute approximate surface area is 167 Å². The summed E-state index contributed by atoms with van der Waals surface area (Å²) in [4.78, 5) is 18.9. The molecule has 5 rings (SSSR count). The molecule has 6 nitrogen and oxygen atoms in total. The minimum atomic E-state index is 0.202. The van der Waals surface area contributed by atoms with Crippen LogP contribution in [0.15, 0.2) is 36.5 Å². The highest BCUT2D eigenvalue weighted by Gasteiger charge is 2.35. The molecule has 6 heteroatoms. The van der Waals surface area contributed by atoms with Crippen molar-refractivity contribution in [2.24, 2.45) is 5.92 Å². The average molecular weight is 382 g/mol. The SMILES string of the molecule is Cc1nn(-c2ccccc2)cc1CN1CC2CCC1CN(CC(=O)N(C)C)C2. The van der Waals surface area contributed by atoms with E-state index in [4.69, 9.17) is 5.10 Å². The van der Waals surface area contributed by atoms with Crippen LogP contribution >= 0.6 is 0 Å². The normalized spacial score (nSPS) is 23.0. The fourth-order valence-corrected chi connectivity index (χ4v) is 4.51. The standard InChI is InChI=1S/C22H31N5O/c1-17-19(14-27(23-17)20-7-5-4-6-8-20)13-26-12-18-9-10-21(26)15-25(11-18)16-22(28)24(2)3/h4-8,14,18,21H,9-13,15-16H2,1-3H3. The van der Waals surface area contributed by atoms with Crippen LogP contribution < -0.4 is 0 Å². The number of likely N-dealkylation sites (N-methyl/N-ethyl adjacent to an activating group) is 1. The summed E-state index contributed by atoms with van der Waals surface area (Å²) in [5.74, 6) is 0.853. The zero-order valence-electron chi connectivity index (χ0n) is 17.2. The third-order valence-corrected chi connectivity index (χ3v) is 6.16. The fraction of sp³-hybridized carbons (Fsp3) is 0.545. The van der Waals surface area contributed by atoms with Crippen LogP contribution in [0.5, 0.6) is 0 Å². The number of hydrogen-bond acceptors (Lipinski definition) is 4. The van der Waals surface area contributed by atoms with Crippen molar-refractivity contribution in [2.75, 3.05) is 40.3 Å². The summed E-state index contributed by atoms with van der Waals surface area (Å²) in [6.07, 6.45) is 4.68. The quantitative estimate of drug-likeness (QED) is 0.796. The number of aryl methyl sites for hydroxylation is 1. The molecule has 0 N–H and O–H groups in total. The lowest BCUT2D eigenvalue weighted by molar-refractivity contribution is -0.130. The number of rotatable bonds is 5. The minimum absolute atomic E-state index is 0.202. The van der Waals surface area contributed by atoms with E-state index in [0.29, 0.717) is 18.5 Å². The number of amides is 1. The van der Waals surface area contributed by atoms with Gasteiger partial charge in [-0.3, -0.25) is 14.6 Å². The third kappa shape index (κ3) is 4.13. The van der Waals surface area contributed by atoms with Crippen LogP contribution in [0.4, 0.5) is 0 Å². The molecule has 4 heterocycles. The number of fused-ring (bicyclic) bond motifs is 4. The zero-order valence-corrected chi connectivity index (χ0v) is 17.2. The van der Waals surface area contributed by atoms with Crippen LogP contribution in [0.2, 0.25) is 0 Å². The Morgan fingerprint density at radius 2 is 1.93 bits per heavy atom. The van der Waals surface area contributed by atoms with Crippen LogP contribution in [0.25, 0.3) is 5.69 Å². The molecule has 3 aliphatic rings. The minimum Gasteiger partial charge on any atom is -0.348 e. The lowest BCUT2D eigenvalue weighted by atomic mass is 9.94. The summed E-state index contributed by atoms with van der Waals surface area (Å²) >= 11 is 0. The van der Waals surface area contributed by atoms with E-state index in [1.807, 2.05) is 37.0 Å². The van der Waals surface area contributed by atoms with E-state index in [-0.39, 0.29) is 5.91 Å². The molecule has 150 valence electrons. The monoisotopic (exact) mass is 381 g/mol. The Morgan fingerprint density at radius 3 is 2.68 bits per heavy atom. The summed E-state index contributed by atoms with van der Waals surface area (Å²) in [5.41, 5.74) is 3.50. The second kappa shape index (κ2) is 8.05. The molecule has 28 heavy (non-hydrogen) atoms. The molecule has 2 aromatic rings. The molecule has 1 amide bonds. The number of nitrogens with zero attached hydrogens (tertiary/aromatic N) is 5. The van der Waals surface area contributed by atoms with Crippen LogP contribution in [-0.2, 0) is 11.3 Å². The van der Waals surface area contributed by atoms with Gasteiger partial charge in [0.25, 0.3) is 0 Å². The average Bonchev–Trinajstić information content (AvgIpc) is 2.84. The van der Waals surface area contributed by atoms with Gasteiger partial charge in [-0.1, -0.05) is 18.2 Å². The Kier molecular flexibility index (Phi) is 5.51. The second-order valence-corrected chi connectivity index (χ2v) is 8.53. The zero-order chi connectivity index (χ0) is 19.7. The van der Waals surface area contributed by atoms with E-state index >= 15 is 0 Å². The largest absolute Gasteiger partial charge is 0.348 e. The van der Waals surface area contributed by atoms with Crippen LogP contribution in [-0.4, -0.2) is 76.7 Å². The molecule has 1 aromatic heterocycles. The van der Waals surface area contributed by atoms with E-state index in [0.717, 1.165) is 37.6 Å². The molecule has 0 aliphatic carbocycles. The Hall–Kier alpha value is -2.18. The maximum absolute atomic E-state index is 12.2. The maximum atomic E-state index is 12.2. The van der Waals surface area contributed by atoms with Crippen LogP contribution in [0, 0.1) is 12.8 Å². The van der Waals surface area contributed by atoms with Crippen molar-refractivity contribution < 1.29 is 4.79 Å². The number of carbonyl (C=O) groups excluding carboxylic acids is 1. The lowest BCUT2D eigenvalue weighted by Crippen LogP contribution is -2.44. The number of hydrogen-bond donors (Lipinski definition) is 0. The molecule has 2 bridgehead atoms.